The van der Waals surface area contributed by atoms with Gasteiger partial charge in [0.25, 0.3) is 0 Å². The second-order valence-corrected chi connectivity index (χ2v) is 5.11. The van der Waals surface area contributed by atoms with E-state index in [1.54, 1.807) is 6.20 Å². The average molecular weight is 265 g/mol. The molecular formula is C13H19N3OS. The maximum absolute atomic E-state index is 5.60. The lowest BCUT2D eigenvalue weighted by atomic mass is 10.1. The van der Waals surface area contributed by atoms with Crippen molar-refractivity contribution in [3.05, 3.63) is 29.6 Å². The lowest BCUT2D eigenvalue weighted by molar-refractivity contribution is 0.0407. The molecule has 2 N–H and O–H groups in total. The van der Waals surface area contributed by atoms with Gasteiger partial charge in [0.1, 0.15) is 4.99 Å². The van der Waals surface area contributed by atoms with E-state index < -0.39 is 0 Å². The summed E-state index contributed by atoms with van der Waals surface area (Å²) < 4.78 is 5.38. The van der Waals surface area contributed by atoms with E-state index in [1.165, 1.54) is 5.56 Å². The number of rotatable bonds is 4. The van der Waals surface area contributed by atoms with E-state index in [0.717, 1.165) is 32.6 Å². The number of thiocarbonyl (C=S) groups is 1. The van der Waals surface area contributed by atoms with Crippen LogP contribution in [-0.4, -0.2) is 41.2 Å². The summed E-state index contributed by atoms with van der Waals surface area (Å²) in [6, 6.07) is 4.58. The van der Waals surface area contributed by atoms with E-state index in [1.807, 2.05) is 12.1 Å². The van der Waals surface area contributed by atoms with Crippen molar-refractivity contribution >= 4 is 17.2 Å². The summed E-state index contributed by atoms with van der Waals surface area (Å²) in [5.74, 6) is 0. The predicted molar refractivity (Wildman–Crippen MR) is 75.4 cm³/mol. The molecule has 0 amide bonds. The largest absolute Gasteiger partial charge is 0.388 e. The first-order valence-corrected chi connectivity index (χ1v) is 6.60. The van der Waals surface area contributed by atoms with Crippen LogP contribution in [0.2, 0.25) is 0 Å². The Morgan fingerprint density at radius 2 is 2.28 bits per heavy atom. The summed E-state index contributed by atoms with van der Waals surface area (Å²) in [6.45, 7) is 2.62. The summed E-state index contributed by atoms with van der Waals surface area (Å²) in [4.78, 5) is 6.87. The highest BCUT2D eigenvalue weighted by Crippen LogP contribution is 2.15. The number of nitrogens with two attached hydrogens (primary N) is 1. The molecular weight excluding hydrogens is 246 g/mol. The Hall–Kier alpha value is -1.04. The molecule has 0 bridgehead atoms. The van der Waals surface area contributed by atoms with E-state index in [4.69, 9.17) is 22.7 Å². The summed E-state index contributed by atoms with van der Waals surface area (Å²) in [5.41, 5.74) is 7.49. The lowest BCUT2D eigenvalue weighted by Gasteiger charge is -2.31. The lowest BCUT2D eigenvalue weighted by Crippen LogP contribution is -2.36. The third kappa shape index (κ3) is 3.48. The van der Waals surface area contributed by atoms with Crippen molar-refractivity contribution in [2.75, 3.05) is 20.3 Å². The third-order valence-electron chi connectivity index (χ3n) is 3.32. The Kier molecular flexibility index (Phi) is 4.63. The zero-order chi connectivity index (χ0) is 13.0. The first-order chi connectivity index (χ1) is 8.66. The summed E-state index contributed by atoms with van der Waals surface area (Å²) in [7, 11) is 2.15. The number of aromatic nitrogens is 1. The number of ether oxygens (including phenoxy) is 1. The van der Waals surface area contributed by atoms with Gasteiger partial charge in [0, 0.05) is 32.0 Å². The van der Waals surface area contributed by atoms with Gasteiger partial charge >= 0.3 is 0 Å². The normalized spacial score (nSPS) is 17.0. The predicted octanol–water partition coefficient (Wildman–Crippen LogP) is 1.33. The van der Waals surface area contributed by atoms with E-state index in [2.05, 4.69) is 16.9 Å². The summed E-state index contributed by atoms with van der Waals surface area (Å²) in [6.07, 6.45) is 3.97. The molecule has 1 aromatic rings. The zero-order valence-electron chi connectivity index (χ0n) is 10.6. The van der Waals surface area contributed by atoms with Crippen LogP contribution < -0.4 is 5.73 Å². The minimum atomic E-state index is 0.352. The number of pyridine rings is 1. The Morgan fingerprint density at radius 1 is 1.56 bits per heavy atom. The quantitative estimate of drug-likeness (QED) is 0.832. The number of hydrogen-bond donors (Lipinski definition) is 1. The Morgan fingerprint density at radius 3 is 2.94 bits per heavy atom. The van der Waals surface area contributed by atoms with Crippen molar-refractivity contribution in [3.63, 3.8) is 0 Å². The molecule has 1 saturated heterocycles. The minimum absolute atomic E-state index is 0.352. The summed E-state index contributed by atoms with van der Waals surface area (Å²) in [5, 5.41) is 0. The molecule has 1 aliphatic heterocycles. The molecule has 0 unspecified atom stereocenters. The molecule has 4 nitrogen and oxygen atoms in total. The maximum Gasteiger partial charge on any atom is 0.122 e. The first kappa shape index (κ1) is 13.4. The van der Waals surface area contributed by atoms with Gasteiger partial charge in [-0.15, -0.1) is 0 Å². The van der Waals surface area contributed by atoms with Crippen LogP contribution in [0.1, 0.15) is 24.1 Å². The van der Waals surface area contributed by atoms with Crippen LogP contribution in [0, 0.1) is 0 Å². The zero-order valence-corrected chi connectivity index (χ0v) is 11.4. The highest BCUT2D eigenvalue weighted by molar-refractivity contribution is 7.80. The van der Waals surface area contributed by atoms with Gasteiger partial charge in [-0.25, -0.2) is 0 Å². The molecule has 5 heteroatoms. The third-order valence-corrected chi connectivity index (χ3v) is 3.53. The van der Waals surface area contributed by atoms with E-state index in [-0.39, 0.29) is 0 Å². The first-order valence-electron chi connectivity index (χ1n) is 6.19. The van der Waals surface area contributed by atoms with Crippen LogP contribution in [0.3, 0.4) is 0 Å². The molecule has 0 spiro atoms. The smallest absolute Gasteiger partial charge is 0.122 e. The molecule has 0 aromatic carbocycles. The van der Waals surface area contributed by atoms with Crippen molar-refractivity contribution in [2.45, 2.75) is 25.4 Å². The Labute approximate surface area is 113 Å². The van der Waals surface area contributed by atoms with Crippen molar-refractivity contribution in [2.24, 2.45) is 5.73 Å². The van der Waals surface area contributed by atoms with Crippen molar-refractivity contribution in [1.82, 2.24) is 9.88 Å². The molecule has 0 atom stereocenters. The second kappa shape index (κ2) is 6.22. The van der Waals surface area contributed by atoms with Crippen molar-refractivity contribution in [3.8, 4) is 0 Å². The maximum atomic E-state index is 5.60. The molecule has 0 saturated carbocycles. The molecule has 1 aliphatic rings. The molecule has 2 rings (SSSR count). The number of nitrogens with zero attached hydrogens (tertiary/aromatic N) is 2. The van der Waals surface area contributed by atoms with Crippen LogP contribution in [0.25, 0.3) is 0 Å². The fourth-order valence-electron chi connectivity index (χ4n) is 2.25. The topological polar surface area (TPSA) is 51.4 Å². The fourth-order valence-corrected chi connectivity index (χ4v) is 2.36. The average Bonchev–Trinajstić information content (AvgIpc) is 2.40. The molecule has 1 fully saturated rings. The Balaban J connectivity index is 1.99. The Bertz CT molecular complexity index is 418. The van der Waals surface area contributed by atoms with E-state index >= 15 is 0 Å². The van der Waals surface area contributed by atoms with E-state index in [9.17, 15) is 0 Å². The minimum Gasteiger partial charge on any atom is -0.388 e. The van der Waals surface area contributed by atoms with Crippen LogP contribution in [-0.2, 0) is 11.3 Å². The summed E-state index contributed by atoms with van der Waals surface area (Å²) >= 11 is 4.95. The standard InChI is InChI=1S/C13H19N3OS/c1-16(11-3-6-17-7-4-11)9-10-2-5-15-12(8-10)13(14)18/h2,5,8,11H,3-4,6-7,9H2,1H3,(H2,14,18). The fraction of sp³-hybridized carbons (Fsp3) is 0.538. The second-order valence-electron chi connectivity index (χ2n) is 4.67. The molecule has 18 heavy (non-hydrogen) atoms. The SMILES string of the molecule is CN(Cc1ccnc(C(N)=S)c1)C1CCOCC1. The van der Waals surface area contributed by atoms with Gasteiger partial charge in [0.05, 0.1) is 5.69 Å². The van der Waals surface area contributed by atoms with Crippen molar-refractivity contribution < 1.29 is 4.74 Å². The monoisotopic (exact) mass is 265 g/mol. The molecule has 2 heterocycles. The molecule has 0 aliphatic carbocycles. The molecule has 1 aromatic heterocycles. The van der Waals surface area contributed by atoms with Gasteiger partial charge in [-0.3, -0.25) is 9.88 Å². The van der Waals surface area contributed by atoms with Crippen LogP contribution in [0.15, 0.2) is 18.3 Å². The van der Waals surface area contributed by atoms with Gasteiger partial charge in [-0.1, -0.05) is 12.2 Å². The number of hydrogen-bond acceptors (Lipinski definition) is 4. The molecule has 98 valence electrons. The highest BCUT2D eigenvalue weighted by atomic mass is 32.1. The van der Waals surface area contributed by atoms with Gasteiger partial charge in [0.2, 0.25) is 0 Å². The van der Waals surface area contributed by atoms with Crippen LogP contribution >= 0.6 is 12.2 Å². The highest BCUT2D eigenvalue weighted by Gasteiger charge is 2.18. The van der Waals surface area contributed by atoms with Gasteiger partial charge < -0.3 is 10.5 Å². The van der Waals surface area contributed by atoms with Gasteiger partial charge in [0.15, 0.2) is 0 Å². The van der Waals surface area contributed by atoms with Gasteiger partial charge in [-0.2, -0.15) is 0 Å². The van der Waals surface area contributed by atoms with Crippen LogP contribution in [0.4, 0.5) is 0 Å². The van der Waals surface area contributed by atoms with E-state index in [0.29, 0.717) is 16.7 Å². The van der Waals surface area contributed by atoms with Crippen molar-refractivity contribution in [1.29, 1.82) is 0 Å². The van der Waals surface area contributed by atoms with Crippen LogP contribution in [0.5, 0.6) is 0 Å². The molecule has 0 radical (unpaired) electrons. The van der Waals surface area contributed by atoms with Gasteiger partial charge in [-0.05, 0) is 37.6 Å².